The van der Waals surface area contributed by atoms with E-state index in [0.717, 1.165) is 11.1 Å². The molecule has 0 aliphatic carbocycles. The first-order valence-corrected chi connectivity index (χ1v) is 6.56. The smallest absolute Gasteiger partial charge is 0.278 e. The van der Waals surface area contributed by atoms with Crippen molar-refractivity contribution in [3.05, 3.63) is 40.7 Å². The third-order valence-corrected chi connectivity index (χ3v) is 3.26. The topological polar surface area (TPSA) is 88.3 Å². The molecule has 6 heteroatoms. The van der Waals surface area contributed by atoms with Crippen LogP contribution in [0.1, 0.15) is 19.8 Å². The van der Waals surface area contributed by atoms with Crippen molar-refractivity contribution < 1.29 is 10.0 Å². The lowest BCUT2D eigenvalue weighted by atomic mass is 10.1. The molecule has 2 rings (SSSR count). The maximum absolute atomic E-state index is 11.0. The highest BCUT2D eigenvalue weighted by atomic mass is 16.6. The van der Waals surface area contributed by atoms with Gasteiger partial charge in [0.05, 0.1) is 16.4 Å². The van der Waals surface area contributed by atoms with Crippen molar-refractivity contribution in [2.75, 3.05) is 11.9 Å². The molecule has 0 saturated heterocycles. The van der Waals surface area contributed by atoms with Gasteiger partial charge in [-0.15, -0.1) is 0 Å². The molecule has 0 spiro atoms. The highest BCUT2D eigenvalue weighted by Gasteiger charge is 2.14. The average Bonchev–Trinajstić information content (AvgIpc) is 2.46. The Morgan fingerprint density at radius 1 is 1.40 bits per heavy atom. The number of anilines is 1. The van der Waals surface area contributed by atoms with E-state index in [0.29, 0.717) is 24.8 Å². The van der Waals surface area contributed by atoms with Crippen LogP contribution in [0.3, 0.4) is 0 Å². The van der Waals surface area contributed by atoms with Gasteiger partial charge in [0.25, 0.3) is 5.69 Å². The molecule has 0 amide bonds. The number of fused-ring (bicyclic) bond motifs is 1. The first kappa shape index (κ1) is 14.2. The molecule has 0 fully saturated rings. The van der Waals surface area contributed by atoms with Crippen LogP contribution in [-0.2, 0) is 0 Å². The Morgan fingerprint density at radius 3 is 2.90 bits per heavy atom. The van der Waals surface area contributed by atoms with E-state index in [2.05, 4.69) is 10.3 Å². The van der Waals surface area contributed by atoms with Crippen LogP contribution in [0.25, 0.3) is 10.8 Å². The van der Waals surface area contributed by atoms with Crippen LogP contribution in [0.4, 0.5) is 11.4 Å². The number of aliphatic hydroxyl groups excluding tert-OH is 1. The Kier molecular flexibility index (Phi) is 4.47. The third kappa shape index (κ3) is 3.03. The second-order valence-corrected chi connectivity index (χ2v) is 4.59. The first-order chi connectivity index (χ1) is 9.63. The van der Waals surface area contributed by atoms with Crippen molar-refractivity contribution in [1.82, 2.24) is 4.98 Å². The first-order valence-electron chi connectivity index (χ1n) is 6.56. The lowest BCUT2D eigenvalue weighted by Crippen LogP contribution is -2.12. The zero-order valence-electron chi connectivity index (χ0n) is 11.2. The van der Waals surface area contributed by atoms with Gasteiger partial charge in [-0.3, -0.25) is 15.1 Å². The fourth-order valence-electron chi connectivity index (χ4n) is 2.07. The van der Waals surface area contributed by atoms with Crippen LogP contribution in [0, 0.1) is 10.1 Å². The van der Waals surface area contributed by atoms with E-state index in [9.17, 15) is 15.2 Å². The summed E-state index contributed by atoms with van der Waals surface area (Å²) in [4.78, 5) is 14.5. The molecule has 2 aromatic rings. The third-order valence-electron chi connectivity index (χ3n) is 3.26. The minimum atomic E-state index is -0.408. The van der Waals surface area contributed by atoms with Gasteiger partial charge in [-0.05, 0) is 25.0 Å². The van der Waals surface area contributed by atoms with Crippen molar-refractivity contribution in [3.63, 3.8) is 0 Å². The lowest BCUT2D eigenvalue weighted by molar-refractivity contribution is -0.383. The van der Waals surface area contributed by atoms with E-state index >= 15 is 0 Å². The summed E-state index contributed by atoms with van der Waals surface area (Å²) < 4.78 is 0. The normalized spacial score (nSPS) is 12.3. The molecule has 2 N–H and O–H groups in total. The zero-order valence-corrected chi connectivity index (χ0v) is 11.2. The Hall–Kier alpha value is -2.21. The molecule has 0 bridgehead atoms. The van der Waals surface area contributed by atoms with E-state index in [-0.39, 0.29) is 11.8 Å². The molecule has 1 aromatic heterocycles. The monoisotopic (exact) mass is 275 g/mol. The molecule has 0 saturated carbocycles. The van der Waals surface area contributed by atoms with Crippen molar-refractivity contribution >= 4 is 22.1 Å². The predicted molar refractivity (Wildman–Crippen MR) is 77.8 cm³/mol. The molecule has 106 valence electrons. The Bertz CT molecular complexity index is 616. The number of aromatic nitrogens is 1. The van der Waals surface area contributed by atoms with Gasteiger partial charge in [0, 0.05) is 36.1 Å². The van der Waals surface area contributed by atoms with Crippen molar-refractivity contribution in [2.24, 2.45) is 0 Å². The van der Waals surface area contributed by atoms with Gasteiger partial charge in [0.1, 0.15) is 0 Å². The Morgan fingerprint density at radius 2 is 2.20 bits per heavy atom. The average molecular weight is 275 g/mol. The summed E-state index contributed by atoms with van der Waals surface area (Å²) in [6.07, 6.45) is 4.14. The molecule has 0 aliphatic heterocycles. The molecule has 20 heavy (non-hydrogen) atoms. The summed E-state index contributed by atoms with van der Waals surface area (Å²) in [6.45, 7) is 2.54. The zero-order chi connectivity index (χ0) is 14.5. The summed E-state index contributed by atoms with van der Waals surface area (Å²) in [6, 6.07) is 4.92. The van der Waals surface area contributed by atoms with Gasteiger partial charge in [0.15, 0.2) is 0 Å². The minimum Gasteiger partial charge on any atom is -0.393 e. The molecule has 1 heterocycles. The van der Waals surface area contributed by atoms with Crippen molar-refractivity contribution in [1.29, 1.82) is 0 Å². The SMILES string of the molecule is CCC(O)CCNc1ccc([N+](=O)[O-])c2cnccc12. The predicted octanol–water partition coefficient (Wildman–Crippen LogP) is 2.72. The van der Waals surface area contributed by atoms with Gasteiger partial charge in [-0.1, -0.05) is 6.92 Å². The van der Waals surface area contributed by atoms with E-state index in [1.807, 2.05) is 6.92 Å². The largest absolute Gasteiger partial charge is 0.393 e. The van der Waals surface area contributed by atoms with Gasteiger partial charge in [0.2, 0.25) is 0 Å². The number of hydrogen-bond acceptors (Lipinski definition) is 5. The minimum absolute atomic E-state index is 0.0484. The van der Waals surface area contributed by atoms with Crippen LogP contribution < -0.4 is 5.32 Å². The van der Waals surface area contributed by atoms with Crippen LogP contribution in [0.2, 0.25) is 0 Å². The van der Waals surface area contributed by atoms with Crippen molar-refractivity contribution in [3.8, 4) is 0 Å². The van der Waals surface area contributed by atoms with E-state index < -0.39 is 4.92 Å². The standard InChI is InChI=1S/C14H17N3O3/c1-2-10(18)5-8-16-13-3-4-14(17(19)20)12-9-15-7-6-11(12)13/h3-4,6-7,9-10,16,18H,2,5,8H2,1H3. The number of nitrogens with zero attached hydrogens (tertiary/aromatic N) is 2. The highest BCUT2D eigenvalue weighted by molar-refractivity contribution is 5.99. The fraction of sp³-hybridized carbons (Fsp3) is 0.357. The van der Waals surface area contributed by atoms with Gasteiger partial charge in [-0.2, -0.15) is 0 Å². The van der Waals surface area contributed by atoms with Gasteiger partial charge < -0.3 is 10.4 Å². The van der Waals surface area contributed by atoms with Crippen molar-refractivity contribution in [2.45, 2.75) is 25.9 Å². The highest BCUT2D eigenvalue weighted by Crippen LogP contribution is 2.30. The number of rotatable bonds is 6. The van der Waals surface area contributed by atoms with Gasteiger partial charge in [-0.25, -0.2) is 0 Å². The van der Waals surface area contributed by atoms with Crippen LogP contribution in [-0.4, -0.2) is 27.7 Å². The second-order valence-electron chi connectivity index (χ2n) is 4.59. The quantitative estimate of drug-likeness (QED) is 0.625. The number of aliphatic hydroxyl groups is 1. The molecule has 1 atom stereocenters. The maximum Gasteiger partial charge on any atom is 0.278 e. The Labute approximate surface area is 116 Å². The second kappa shape index (κ2) is 6.29. The van der Waals surface area contributed by atoms with E-state index in [4.69, 9.17) is 0 Å². The molecule has 1 aromatic carbocycles. The molecule has 6 nitrogen and oxygen atoms in total. The number of benzene rings is 1. The maximum atomic E-state index is 11.0. The molecular formula is C14H17N3O3. The van der Waals surface area contributed by atoms with E-state index in [1.54, 1.807) is 18.3 Å². The van der Waals surface area contributed by atoms with E-state index in [1.165, 1.54) is 12.3 Å². The fourth-order valence-corrected chi connectivity index (χ4v) is 2.07. The summed E-state index contributed by atoms with van der Waals surface area (Å²) in [5.74, 6) is 0. The molecular weight excluding hydrogens is 258 g/mol. The van der Waals surface area contributed by atoms with Crippen LogP contribution in [0.15, 0.2) is 30.6 Å². The number of nitro groups is 1. The number of nitrogens with one attached hydrogen (secondary N) is 1. The molecule has 0 aliphatic rings. The number of nitro benzene ring substituents is 1. The number of non-ortho nitro benzene ring substituents is 1. The van der Waals surface area contributed by atoms with Crippen LogP contribution in [0.5, 0.6) is 0 Å². The summed E-state index contributed by atoms with van der Waals surface area (Å²) in [5, 5.41) is 25.0. The van der Waals surface area contributed by atoms with Crippen LogP contribution >= 0.6 is 0 Å². The Balaban J connectivity index is 2.27. The number of pyridine rings is 1. The molecule has 1 unspecified atom stereocenters. The molecule has 0 radical (unpaired) electrons. The summed E-state index contributed by atoms with van der Waals surface area (Å²) in [5.41, 5.74) is 0.864. The van der Waals surface area contributed by atoms with Gasteiger partial charge >= 0.3 is 0 Å². The summed E-state index contributed by atoms with van der Waals surface area (Å²) >= 11 is 0. The summed E-state index contributed by atoms with van der Waals surface area (Å²) in [7, 11) is 0. The number of hydrogen-bond donors (Lipinski definition) is 2. The lowest BCUT2D eigenvalue weighted by Gasteiger charge is -2.12.